The Morgan fingerprint density at radius 1 is 0.815 bits per heavy atom. The monoisotopic (exact) mass is 725 g/mol. The van der Waals surface area contributed by atoms with Gasteiger partial charge in [-0.25, -0.2) is 4.79 Å². The molecule has 0 saturated carbocycles. The van der Waals surface area contributed by atoms with Crippen molar-refractivity contribution in [2.75, 3.05) is 39.1 Å². The maximum absolute atomic E-state index is 15.2. The zero-order chi connectivity index (χ0) is 38.1. The van der Waals surface area contributed by atoms with Crippen molar-refractivity contribution in [3.05, 3.63) is 136 Å². The second-order valence-corrected chi connectivity index (χ2v) is 14.6. The summed E-state index contributed by atoms with van der Waals surface area (Å²) in [6.45, 7) is 4.02. The smallest absolute Gasteiger partial charge is 0.415 e. The van der Waals surface area contributed by atoms with Crippen LogP contribution in [-0.2, 0) is 33.0 Å². The molecule has 7 rings (SSSR count). The fraction of sp³-hybridized carbons (Fsp3) is 0.295. The molecule has 5 aromatic rings. The van der Waals surface area contributed by atoms with E-state index in [1.165, 1.54) is 5.56 Å². The molecule has 0 radical (unpaired) electrons. The third-order valence-electron chi connectivity index (χ3n) is 10.9. The molecule has 54 heavy (non-hydrogen) atoms. The Kier molecular flexibility index (Phi) is 10.3. The minimum atomic E-state index is -0.431. The molecular weight excluding hydrogens is 679 g/mol. The van der Waals surface area contributed by atoms with Crippen LogP contribution in [-0.4, -0.2) is 82.6 Å². The van der Waals surface area contributed by atoms with Crippen LogP contribution in [0.1, 0.15) is 55.1 Å². The van der Waals surface area contributed by atoms with Gasteiger partial charge in [0.2, 0.25) is 0 Å². The van der Waals surface area contributed by atoms with Crippen LogP contribution in [0, 0.1) is 6.92 Å². The van der Waals surface area contributed by atoms with Crippen molar-refractivity contribution in [1.82, 2.24) is 19.3 Å². The number of hydrogen-bond acceptors (Lipinski definition) is 6. The van der Waals surface area contributed by atoms with Crippen LogP contribution in [0.3, 0.4) is 0 Å². The summed E-state index contributed by atoms with van der Waals surface area (Å²) in [6, 6.07) is 29.8. The SMILES string of the molecule is Cc1c(C(=O)N(C)c2ccc(O)cc2)cc(-c2cc3c(cc2C(=O)N2Cc4ccccc4C[C@H]2CCN(C)C)CN(C(=O)Oc2ccccc2)CC3)n1C. The van der Waals surface area contributed by atoms with Gasteiger partial charge >= 0.3 is 6.09 Å². The van der Waals surface area contributed by atoms with E-state index in [-0.39, 0.29) is 23.6 Å². The highest BCUT2D eigenvalue weighted by Crippen LogP contribution is 2.36. The van der Waals surface area contributed by atoms with E-state index in [0.29, 0.717) is 48.6 Å². The van der Waals surface area contributed by atoms with Crippen molar-refractivity contribution < 1.29 is 24.2 Å². The average molecular weight is 726 g/mol. The van der Waals surface area contributed by atoms with Gasteiger partial charge in [0, 0.05) is 68.0 Å². The van der Waals surface area contributed by atoms with Gasteiger partial charge in [0.15, 0.2) is 0 Å². The van der Waals surface area contributed by atoms with Crippen LogP contribution in [0.2, 0.25) is 0 Å². The van der Waals surface area contributed by atoms with Crippen molar-refractivity contribution in [1.29, 1.82) is 0 Å². The molecule has 10 nitrogen and oxygen atoms in total. The second-order valence-electron chi connectivity index (χ2n) is 14.6. The van der Waals surface area contributed by atoms with Gasteiger partial charge in [0.25, 0.3) is 11.8 Å². The number of carbonyl (C=O) groups excluding carboxylic acids is 3. The average Bonchev–Trinajstić information content (AvgIpc) is 3.48. The van der Waals surface area contributed by atoms with Gasteiger partial charge in [-0.3, -0.25) is 9.59 Å². The summed E-state index contributed by atoms with van der Waals surface area (Å²) in [5.41, 5.74) is 8.33. The van der Waals surface area contributed by atoms with Crippen LogP contribution in [0.15, 0.2) is 97.1 Å². The molecule has 1 aromatic heterocycles. The number of phenols is 1. The zero-order valence-corrected chi connectivity index (χ0v) is 31.6. The zero-order valence-electron chi connectivity index (χ0n) is 31.6. The standard InChI is InChI=1S/C44H47N5O5/c1-29-38(42(51)47(5)34-15-17-36(50)18-16-34)26-41(46(29)4)39-24-31-19-22-48(44(53)54-37-13-7-6-8-14-37)27-33(31)25-40(39)43(52)49-28-32-12-10-9-11-30(32)23-35(49)20-21-45(2)3/h6-18,24-26,35,50H,19-23,27-28H2,1-5H3/t35-/m1/s1. The Labute approximate surface area is 316 Å². The third kappa shape index (κ3) is 7.34. The molecule has 3 amide bonds. The van der Waals surface area contributed by atoms with Gasteiger partial charge < -0.3 is 34.0 Å². The quantitative estimate of drug-likeness (QED) is 0.184. The van der Waals surface area contributed by atoms with E-state index in [1.54, 1.807) is 53.2 Å². The van der Waals surface area contributed by atoms with Gasteiger partial charge in [-0.2, -0.15) is 0 Å². The fourth-order valence-corrected chi connectivity index (χ4v) is 7.60. The molecule has 0 unspecified atom stereocenters. The topological polar surface area (TPSA) is 98.6 Å². The number of nitrogens with zero attached hydrogens (tertiary/aromatic N) is 5. The molecule has 2 aliphatic heterocycles. The van der Waals surface area contributed by atoms with E-state index >= 15 is 4.79 Å². The molecule has 3 heterocycles. The van der Waals surface area contributed by atoms with Gasteiger partial charge in [0.1, 0.15) is 11.5 Å². The number of rotatable bonds is 8. The molecule has 278 valence electrons. The molecule has 10 heteroatoms. The van der Waals surface area contributed by atoms with E-state index in [1.807, 2.05) is 59.8 Å². The molecule has 4 aromatic carbocycles. The highest BCUT2D eigenvalue weighted by molar-refractivity contribution is 6.08. The van der Waals surface area contributed by atoms with Crippen molar-refractivity contribution in [2.45, 2.75) is 45.3 Å². The number of aromatic hydroxyl groups is 1. The third-order valence-corrected chi connectivity index (χ3v) is 10.9. The Bertz CT molecular complexity index is 2190. The molecule has 2 aliphatic rings. The number of fused-ring (bicyclic) bond motifs is 2. The maximum Gasteiger partial charge on any atom is 0.415 e. The van der Waals surface area contributed by atoms with Crippen molar-refractivity contribution >= 4 is 23.6 Å². The summed E-state index contributed by atoms with van der Waals surface area (Å²) >= 11 is 0. The highest BCUT2D eigenvalue weighted by Gasteiger charge is 2.34. The first-order chi connectivity index (χ1) is 26.0. The minimum Gasteiger partial charge on any atom is -0.508 e. The molecule has 0 saturated heterocycles. The molecule has 0 fully saturated rings. The molecule has 0 spiro atoms. The predicted octanol–water partition coefficient (Wildman–Crippen LogP) is 7.06. The number of para-hydroxylation sites is 1. The number of anilines is 1. The van der Waals surface area contributed by atoms with Crippen LogP contribution < -0.4 is 9.64 Å². The Morgan fingerprint density at radius 3 is 2.24 bits per heavy atom. The van der Waals surface area contributed by atoms with E-state index in [9.17, 15) is 14.7 Å². The molecule has 1 N–H and O–H groups in total. The fourth-order valence-electron chi connectivity index (χ4n) is 7.60. The van der Waals surface area contributed by atoms with Crippen LogP contribution in [0.25, 0.3) is 11.3 Å². The maximum atomic E-state index is 15.2. The number of carbonyl (C=O) groups is 3. The van der Waals surface area contributed by atoms with E-state index in [4.69, 9.17) is 4.74 Å². The summed E-state index contributed by atoms with van der Waals surface area (Å²) in [5, 5.41) is 9.81. The largest absolute Gasteiger partial charge is 0.508 e. The van der Waals surface area contributed by atoms with E-state index < -0.39 is 6.09 Å². The van der Waals surface area contributed by atoms with Crippen molar-refractivity contribution in [3.8, 4) is 22.8 Å². The number of benzene rings is 4. The summed E-state index contributed by atoms with van der Waals surface area (Å²) in [7, 11) is 7.74. The number of hydrogen-bond donors (Lipinski definition) is 1. The van der Waals surface area contributed by atoms with E-state index in [2.05, 4.69) is 43.3 Å². The summed E-state index contributed by atoms with van der Waals surface area (Å²) in [5.74, 6) is 0.326. The minimum absolute atomic E-state index is 0.0118. The lowest BCUT2D eigenvalue weighted by molar-refractivity contribution is 0.0621. The normalized spacial score (nSPS) is 15.1. The Hall–Kier alpha value is -5.87. The Balaban J connectivity index is 1.29. The van der Waals surface area contributed by atoms with Crippen LogP contribution in [0.4, 0.5) is 10.5 Å². The number of aromatic nitrogens is 1. The van der Waals surface area contributed by atoms with Gasteiger partial charge in [-0.1, -0.05) is 42.5 Å². The van der Waals surface area contributed by atoms with Gasteiger partial charge in [0.05, 0.1) is 5.56 Å². The lowest BCUT2D eigenvalue weighted by Crippen LogP contribution is -2.45. The van der Waals surface area contributed by atoms with Crippen molar-refractivity contribution in [2.24, 2.45) is 7.05 Å². The van der Waals surface area contributed by atoms with Gasteiger partial charge in [-0.05, 0) is 124 Å². The molecule has 0 aliphatic carbocycles. The summed E-state index contributed by atoms with van der Waals surface area (Å²) in [4.78, 5) is 49.9. The van der Waals surface area contributed by atoms with Gasteiger partial charge in [-0.15, -0.1) is 0 Å². The molecular formula is C44H47N5O5. The van der Waals surface area contributed by atoms with Crippen molar-refractivity contribution in [3.63, 3.8) is 0 Å². The predicted molar refractivity (Wildman–Crippen MR) is 210 cm³/mol. The highest BCUT2D eigenvalue weighted by atomic mass is 16.6. The lowest BCUT2D eigenvalue weighted by atomic mass is 9.88. The summed E-state index contributed by atoms with van der Waals surface area (Å²) in [6.07, 6.45) is 1.74. The molecule has 0 bridgehead atoms. The Morgan fingerprint density at radius 2 is 1.52 bits per heavy atom. The summed E-state index contributed by atoms with van der Waals surface area (Å²) < 4.78 is 7.68. The van der Waals surface area contributed by atoms with E-state index in [0.717, 1.165) is 53.0 Å². The number of phenolic OH excluding ortho intramolecular Hbond substituents is 1. The molecule has 1 atom stereocenters. The van der Waals surface area contributed by atoms with Crippen LogP contribution in [0.5, 0.6) is 11.5 Å². The number of amides is 3. The van der Waals surface area contributed by atoms with Crippen LogP contribution >= 0.6 is 0 Å². The first kappa shape index (κ1) is 36.5. The second kappa shape index (κ2) is 15.2. The lowest BCUT2D eigenvalue weighted by Gasteiger charge is -2.38. The first-order valence-corrected chi connectivity index (χ1v) is 18.4. The number of ether oxygens (including phenoxy) is 1. The first-order valence-electron chi connectivity index (χ1n) is 18.4.